The topological polar surface area (TPSA) is 65.5 Å². The zero-order valence-corrected chi connectivity index (χ0v) is 11.6. The van der Waals surface area contributed by atoms with Gasteiger partial charge in [0.25, 0.3) is 0 Å². The number of hydrogen-bond donors (Lipinski definition) is 2. The quantitative estimate of drug-likeness (QED) is 0.888. The van der Waals surface area contributed by atoms with Crippen molar-refractivity contribution in [3.8, 4) is 0 Å². The van der Waals surface area contributed by atoms with Crippen LogP contribution in [0.15, 0.2) is 48.7 Å². The molecule has 0 bridgehead atoms. The van der Waals surface area contributed by atoms with Crippen molar-refractivity contribution in [3.05, 3.63) is 59.8 Å². The molecule has 1 aliphatic heterocycles. The number of anilines is 1. The van der Waals surface area contributed by atoms with Crippen molar-refractivity contribution in [2.24, 2.45) is 0 Å². The fourth-order valence-corrected chi connectivity index (χ4v) is 2.71. The lowest BCUT2D eigenvalue weighted by atomic mass is 9.93. The first-order valence-corrected chi connectivity index (χ1v) is 6.97. The number of amides is 2. The molecule has 108 valence electrons. The Balaban J connectivity index is 1.81. The molecule has 0 saturated heterocycles. The summed E-state index contributed by atoms with van der Waals surface area (Å²) in [6, 6.07) is 12.7. The number of nitrogens with zero attached hydrogens (tertiary/aromatic N) is 2. The molecule has 0 aliphatic carbocycles. The summed E-state index contributed by atoms with van der Waals surface area (Å²) in [5, 5.41) is 12.5. The Hall–Kier alpha value is -2.40. The van der Waals surface area contributed by atoms with Crippen LogP contribution in [0, 0.1) is 0 Å². The number of carbonyl (C=O) groups excluding carboxylic acids is 1. The van der Waals surface area contributed by atoms with Crippen LogP contribution >= 0.6 is 0 Å². The van der Waals surface area contributed by atoms with Crippen molar-refractivity contribution in [3.63, 3.8) is 0 Å². The van der Waals surface area contributed by atoms with E-state index in [-0.39, 0.29) is 18.7 Å². The van der Waals surface area contributed by atoms with E-state index in [0.717, 1.165) is 12.0 Å². The second-order valence-corrected chi connectivity index (χ2v) is 4.99. The van der Waals surface area contributed by atoms with Gasteiger partial charge in [0.1, 0.15) is 5.82 Å². The minimum atomic E-state index is -0.307. The number of fused-ring (bicyclic) bond motifs is 1. The molecule has 1 aliphatic rings. The molecule has 21 heavy (non-hydrogen) atoms. The van der Waals surface area contributed by atoms with E-state index in [1.807, 2.05) is 30.3 Å². The van der Waals surface area contributed by atoms with Gasteiger partial charge in [0.05, 0.1) is 12.6 Å². The second-order valence-electron chi connectivity index (χ2n) is 4.99. The molecule has 0 radical (unpaired) electrons. The van der Waals surface area contributed by atoms with Gasteiger partial charge in [-0.15, -0.1) is 0 Å². The normalized spacial score (nSPS) is 17.2. The monoisotopic (exact) mass is 283 g/mol. The van der Waals surface area contributed by atoms with Gasteiger partial charge >= 0.3 is 6.03 Å². The Morgan fingerprint density at radius 3 is 2.86 bits per heavy atom. The van der Waals surface area contributed by atoms with E-state index < -0.39 is 0 Å². The van der Waals surface area contributed by atoms with E-state index in [2.05, 4.69) is 10.3 Å². The molecule has 1 atom stereocenters. The standard InChI is InChI=1S/C16H17N3O2/c20-11-14-13-6-2-1-5-12(13)8-10-19(14)16(21)18-15-7-3-4-9-17-15/h1-7,9,14,20H,8,10-11H2,(H,17,18,21). The van der Waals surface area contributed by atoms with Gasteiger partial charge in [-0.25, -0.2) is 9.78 Å². The fraction of sp³-hybridized carbons (Fsp3) is 0.250. The Kier molecular flexibility index (Phi) is 3.83. The first kappa shape index (κ1) is 13.6. The van der Waals surface area contributed by atoms with E-state index in [0.29, 0.717) is 12.4 Å². The summed E-state index contributed by atoms with van der Waals surface area (Å²) in [6.07, 6.45) is 2.42. The molecule has 0 saturated carbocycles. The van der Waals surface area contributed by atoms with Crippen molar-refractivity contribution < 1.29 is 9.90 Å². The van der Waals surface area contributed by atoms with Crippen LogP contribution in [0.4, 0.5) is 10.6 Å². The summed E-state index contributed by atoms with van der Waals surface area (Å²) in [6.45, 7) is 0.494. The van der Waals surface area contributed by atoms with Gasteiger partial charge in [-0.05, 0) is 29.7 Å². The number of hydrogen-bond acceptors (Lipinski definition) is 3. The highest BCUT2D eigenvalue weighted by atomic mass is 16.3. The van der Waals surface area contributed by atoms with Gasteiger partial charge < -0.3 is 10.0 Å². The van der Waals surface area contributed by atoms with Crippen LogP contribution in [0.25, 0.3) is 0 Å². The van der Waals surface area contributed by atoms with E-state index in [9.17, 15) is 9.90 Å². The highest BCUT2D eigenvalue weighted by molar-refractivity contribution is 5.88. The molecule has 3 rings (SSSR count). The molecular weight excluding hydrogens is 266 g/mol. The Labute approximate surface area is 123 Å². The van der Waals surface area contributed by atoms with Crippen LogP contribution in [0.1, 0.15) is 17.2 Å². The largest absolute Gasteiger partial charge is 0.394 e. The van der Waals surface area contributed by atoms with Gasteiger partial charge in [0.2, 0.25) is 0 Å². The summed E-state index contributed by atoms with van der Waals surface area (Å²) in [5.41, 5.74) is 2.21. The van der Waals surface area contributed by atoms with Crippen LogP contribution in [0.2, 0.25) is 0 Å². The highest BCUT2D eigenvalue weighted by Gasteiger charge is 2.30. The SMILES string of the molecule is O=C(Nc1ccccn1)N1CCc2ccccc2C1CO. The molecular formula is C16H17N3O2. The molecule has 2 amide bonds. The minimum absolute atomic E-state index is 0.0906. The van der Waals surface area contributed by atoms with Crippen molar-refractivity contribution in [2.75, 3.05) is 18.5 Å². The van der Waals surface area contributed by atoms with E-state index in [1.54, 1.807) is 23.2 Å². The number of benzene rings is 1. The van der Waals surface area contributed by atoms with E-state index >= 15 is 0 Å². The fourth-order valence-electron chi connectivity index (χ4n) is 2.71. The third-order valence-corrected chi connectivity index (χ3v) is 3.75. The lowest BCUT2D eigenvalue weighted by molar-refractivity contribution is 0.135. The van der Waals surface area contributed by atoms with Crippen molar-refractivity contribution >= 4 is 11.8 Å². The zero-order chi connectivity index (χ0) is 14.7. The molecule has 1 aromatic heterocycles. The number of nitrogens with one attached hydrogen (secondary N) is 1. The van der Waals surface area contributed by atoms with Gasteiger partial charge in [0.15, 0.2) is 0 Å². The summed E-state index contributed by atoms with van der Waals surface area (Å²) in [7, 11) is 0. The Morgan fingerprint density at radius 1 is 1.29 bits per heavy atom. The van der Waals surface area contributed by atoms with E-state index in [1.165, 1.54) is 5.56 Å². The van der Waals surface area contributed by atoms with Crippen LogP contribution in [0.5, 0.6) is 0 Å². The number of pyridine rings is 1. The van der Waals surface area contributed by atoms with Crippen LogP contribution in [-0.2, 0) is 6.42 Å². The first-order valence-electron chi connectivity index (χ1n) is 6.97. The Morgan fingerprint density at radius 2 is 2.10 bits per heavy atom. The first-order chi connectivity index (χ1) is 10.3. The molecule has 5 heteroatoms. The molecule has 0 spiro atoms. The number of aliphatic hydroxyl groups is 1. The second kappa shape index (κ2) is 5.93. The molecule has 1 unspecified atom stereocenters. The van der Waals surface area contributed by atoms with Crippen LogP contribution < -0.4 is 5.32 Å². The lowest BCUT2D eigenvalue weighted by Gasteiger charge is -2.36. The predicted octanol–water partition coefficient (Wildman–Crippen LogP) is 2.21. The lowest BCUT2D eigenvalue weighted by Crippen LogP contribution is -2.44. The zero-order valence-electron chi connectivity index (χ0n) is 11.6. The third kappa shape index (κ3) is 2.73. The number of urea groups is 1. The summed E-state index contributed by atoms with van der Waals surface area (Å²) in [4.78, 5) is 18.2. The van der Waals surface area contributed by atoms with Gasteiger partial charge in [0, 0.05) is 12.7 Å². The average Bonchev–Trinajstić information content (AvgIpc) is 2.54. The van der Waals surface area contributed by atoms with Gasteiger partial charge in [-0.2, -0.15) is 0 Å². The molecule has 1 aromatic carbocycles. The van der Waals surface area contributed by atoms with Crippen LogP contribution in [0.3, 0.4) is 0 Å². The molecule has 2 aromatic rings. The van der Waals surface area contributed by atoms with Gasteiger partial charge in [-0.3, -0.25) is 5.32 Å². The van der Waals surface area contributed by atoms with E-state index in [4.69, 9.17) is 0 Å². The molecule has 2 heterocycles. The minimum Gasteiger partial charge on any atom is -0.394 e. The number of aliphatic hydroxyl groups excluding tert-OH is 1. The average molecular weight is 283 g/mol. The Bertz CT molecular complexity index is 630. The summed E-state index contributed by atoms with van der Waals surface area (Å²) < 4.78 is 0. The molecule has 5 nitrogen and oxygen atoms in total. The summed E-state index contributed by atoms with van der Waals surface area (Å²) >= 11 is 0. The number of carbonyl (C=O) groups is 1. The van der Waals surface area contributed by atoms with Crippen molar-refractivity contribution in [1.29, 1.82) is 0 Å². The number of rotatable bonds is 2. The number of aromatic nitrogens is 1. The molecule has 2 N–H and O–H groups in total. The maximum Gasteiger partial charge on any atom is 0.323 e. The third-order valence-electron chi connectivity index (χ3n) is 3.75. The highest BCUT2D eigenvalue weighted by Crippen LogP contribution is 2.29. The van der Waals surface area contributed by atoms with Crippen LogP contribution in [-0.4, -0.2) is 34.2 Å². The smallest absolute Gasteiger partial charge is 0.323 e. The van der Waals surface area contributed by atoms with Gasteiger partial charge in [-0.1, -0.05) is 30.3 Å². The van der Waals surface area contributed by atoms with Crippen molar-refractivity contribution in [2.45, 2.75) is 12.5 Å². The molecule has 0 fully saturated rings. The van der Waals surface area contributed by atoms with Crippen molar-refractivity contribution in [1.82, 2.24) is 9.88 Å². The maximum atomic E-state index is 12.4. The predicted molar refractivity (Wildman–Crippen MR) is 79.9 cm³/mol. The summed E-state index contributed by atoms with van der Waals surface area (Å²) in [5.74, 6) is 0.512. The maximum absolute atomic E-state index is 12.4.